The van der Waals surface area contributed by atoms with Gasteiger partial charge in [-0.1, -0.05) is 25.5 Å². The number of ether oxygens (including phenoxy) is 1. The van der Waals surface area contributed by atoms with Crippen LogP contribution in [-0.2, 0) is 31.7 Å². The monoisotopic (exact) mass is 580 g/mol. The van der Waals surface area contributed by atoms with E-state index < -0.39 is 50.8 Å². The normalized spacial score (nSPS) is 21.8. The zero-order chi connectivity index (χ0) is 28.7. The van der Waals surface area contributed by atoms with Gasteiger partial charge in [-0.3, -0.25) is 14.3 Å². The Kier molecular flexibility index (Phi) is 7.45. The molecule has 0 radical (unpaired) electrons. The highest BCUT2D eigenvalue weighted by molar-refractivity contribution is 7.91. The minimum atomic E-state index is -4.98. The van der Waals surface area contributed by atoms with Gasteiger partial charge in [0.1, 0.15) is 11.3 Å². The van der Waals surface area contributed by atoms with Gasteiger partial charge in [-0.2, -0.15) is 18.3 Å². The Morgan fingerprint density at radius 3 is 2.48 bits per heavy atom. The van der Waals surface area contributed by atoms with E-state index in [0.29, 0.717) is 37.7 Å². The summed E-state index contributed by atoms with van der Waals surface area (Å²) in [4.78, 5) is 26.5. The molecule has 9 nitrogen and oxygen atoms in total. The van der Waals surface area contributed by atoms with Crippen molar-refractivity contribution in [2.24, 2.45) is 5.92 Å². The first-order valence-electron chi connectivity index (χ1n) is 13.4. The van der Waals surface area contributed by atoms with Gasteiger partial charge in [0.2, 0.25) is 10.0 Å². The van der Waals surface area contributed by atoms with Crippen LogP contribution in [0.25, 0.3) is 5.57 Å². The van der Waals surface area contributed by atoms with Crippen LogP contribution in [0, 0.1) is 5.92 Å². The second kappa shape index (κ2) is 10.6. The van der Waals surface area contributed by atoms with Crippen LogP contribution in [0.15, 0.2) is 42.1 Å². The third-order valence-electron chi connectivity index (χ3n) is 7.41. The molecule has 13 heteroatoms. The van der Waals surface area contributed by atoms with Crippen molar-refractivity contribution in [1.82, 2.24) is 19.8 Å². The molecule has 5 rings (SSSR count). The molecule has 2 fully saturated rings. The van der Waals surface area contributed by atoms with Crippen LogP contribution in [0.1, 0.15) is 63.1 Å². The van der Waals surface area contributed by atoms with Gasteiger partial charge in [0.15, 0.2) is 5.54 Å². The van der Waals surface area contributed by atoms with Gasteiger partial charge in [0.05, 0.1) is 17.6 Å². The number of carbonyl (C=O) groups is 2. The molecule has 2 amide bonds. The average molecular weight is 581 g/mol. The number of hydrogen-bond acceptors (Lipinski definition) is 6. The standard InChI is InChI=1S/C27H31F3N4O5S/c1-2-3-14-39-19-8-6-18(7-9-19)26(27(28,29)30)15-21(22-12-13-34(32-22)16-17-4-5-17)23(24(35)31-26)25(36)33-40(37,38)20-10-11-20/h6-9,12-13,17,20H,2-5,10-11,14-16H2,1H3,(H,31,35)(H,33,36)/t26-/m0/s1. The zero-order valence-corrected chi connectivity index (χ0v) is 22.8. The first-order valence-corrected chi connectivity index (χ1v) is 14.9. The number of aromatic nitrogens is 2. The molecule has 1 aromatic heterocycles. The molecule has 2 heterocycles. The summed E-state index contributed by atoms with van der Waals surface area (Å²) in [7, 11) is -4.07. The van der Waals surface area contributed by atoms with E-state index in [4.69, 9.17) is 4.74 Å². The molecule has 0 spiro atoms. The zero-order valence-electron chi connectivity index (χ0n) is 22.0. The summed E-state index contributed by atoms with van der Waals surface area (Å²) in [6.45, 7) is 2.96. The van der Waals surface area contributed by atoms with Crippen molar-refractivity contribution >= 4 is 27.4 Å². The maximum atomic E-state index is 14.9. The second-order valence-corrected chi connectivity index (χ2v) is 12.6. The predicted molar refractivity (Wildman–Crippen MR) is 139 cm³/mol. The van der Waals surface area contributed by atoms with E-state index in [2.05, 4.69) is 5.10 Å². The van der Waals surface area contributed by atoms with Gasteiger partial charge < -0.3 is 10.1 Å². The summed E-state index contributed by atoms with van der Waals surface area (Å²) in [5.41, 5.74) is -4.10. The van der Waals surface area contributed by atoms with Gasteiger partial charge in [0.25, 0.3) is 11.8 Å². The van der Waals surface area contributed by atoms with E-state index in [0.717, 1.165) is 25.7 Å². The Labute approximate surface area is 230 Å². The van der Waals surface area contributed by atoms with E-state index in [1.54, 1.807) is 10.9 Å². The quantitative estimate of drug-likeness (QED) is 0.308. The fraction of sp³-hybridized carbons (Fsp3) is 0.519. The van der Waals surface area contributed by atoms with E-state index >= 15 is 0 Å². The smallest absolute Gasteiger partial charge is 0.416 e. The Morgan fingerprint density at radius 2 is 1.88 bits per heavy atom. The van der Waals surface area contributed by atoms with Crippen LogP contribution in [0.5, 0.6) is 5.75 Å². The molecule has 2 saturated carbocycles. The van der Waals surface area contributed by atoms with Crippen molar-refractivity contribution in [3.05, 3.63) is 53.4 Å². The lowest BCUT2D eigenvalue weighted by atomic mass is 9.77. The summed E-state index contributed by atoms with van der Waals surface area (Å²) >= 11 is 0. The minimum absolute atomic E-state index is 0.0117. The first kappa shape index (κ1) is 28.2. The summed E-state index contributed by atoms with van der Waals surface area (Å²) in [5.74, 6) is -1.81. The largest absolute Gasteiger partial charge is 0.494 e. The highest BCUT2D eigenvalue weighted by Crippen LogP contribution is 2.48. The Morgan fingerprint density at radius 1 is 1.18 bits per heavy atom. The van der Waals surface area contributed by atoms with Crippen LogP contribution in [0.2, 0.25) is 0 Å². The number of rotatable bonds is 11. The number of unbranched alkanes of at least 4 members (excludes halogenated alkanes) is 1. The highest BCUT2D eigenvalue weighted by atomic mass is 32.2. The minimum Gasteiger partial charge on any atom is -0.494 e. The third-order valence-corrected chi connectivity index (χ3v) is 9.23. The maximum absolute atomic E-state index is 14.9. The van der Waals surface area contributed by atoms with Crippen molar-refractivity contribution in [1.29, 1.82) is 0 Å². The summed E-state index contributed by atoms with van der Waals surface area (Å²) in [6, 6.07) is 6.73. The van der Waals surface area contributed by atoms with Crippen molar-refractivity contribution in [2.75, 3.05) is 6.61 Å². The Bertz CT molecular complexity index is 1430. The maximum Gasteiger partial charge on any atom is 0.416 e. The molecule has 0 saturated heterocycles. The van der Waals surface area contributed by atoms with Gasteiger partial charge in [-0.15, -0.1) is 0 Å². The number of nitrogens with zero attached hydrogens (tertiary/aromatic N) is 2. The average Bonchev–Trinajstić information content (AvgIpc) is 3.81. The number of nitrogens with one attached hydrogen (secondary N) is 2. The number of alkyl halides is 3. The molecular formula is C27H31F3N4O5S. The molecule has 1 atom stereocenters. The topological polar surface area (TPSA) is 119 Å². The number of carbonyl (C=O) groups excluding carboxylic acids is 2. The summed E-state index contributed by atoms with van der Waals surface area (Å²) < 4.78 is 78.7. The SMILES string of the molecule is CCCCOc1ccc([C@]2(C(F)(F)F)CC(c3ccn(CC4CC4)n3)=C(C(=O)NS(=O)(=O)C3CC3)C(=O)N2)cc1. The fourth-order valence-electron chi connectivity index (χ4n) is 4.76. The molecule has 0 unspecified atom stereocenters. The molecule has 2 N–H and O–H groups in total. The van der Waals surface area contributed by atoms with Crippen LogP contribution in [0.3, 0.4) is 0 Å². The number of hydrogen-bond donors (Lipinski definition) is 2. The number of amides is 2. The highest BCUT2D eigenvalue weighted by Gasteiger charge is 2.60. The molecule has 2 aliphatic carbocycles. The van der Waals surface area contributed by atoms with Crippen molar-refractivity contribution in [3.8, 4) is 5.75 Å². The van der Waals surface area contributed by atoms with Crippen molar-refractivity contribution < 1.29 is 35.9 Å². The molecule has 2 aromatic rings. The van der Waals surface area contributed by atoms with Crippen molar-refractivity contribution in [3.63, 3.8) is 0 Å². The first-order chi connectivity index (χ1) is 18.9. The number of halogens is 3. The van der Waals surface area contributed by atoms with Gasteiger partial charge in [-0.05, 0) is 61.8 Å². The third kappa shape index (κ3) is 5.74. The van der Waals surface area contributed by atoms with Gasteiger partial charge >= 0.3 is 6.18 Å². The lowest BCUT2D eigenvalue weighted by molar-refractivity contribution is -0.202. The predicted octanol–water partition coefficient (Wildman–Crippen LogP) is 3.81. The second-order valence-electron chi connectivity index (χ2n) is 10.7. The number of sulfonamides is 1. The van der Waals surface area contributed by atoms with Crippen LogP contribution in [-0.4, -0.2) is 48.0 Å². The Hall–Kier alpha value is -3.35. The summed E-state index contributed by atoms with van der Waals surface area (Å²) in [5, 5.41) is 5.63. The number of benzene rings is 1. The van der Waals surface area contributed by atoms with Gasteiger partial charge in [0, 0.05) is 24.7 Å². The van der Waals surface area contributed by atoms with Crippen LogP contribution < -0.4 is 14.8 Å². The fourth-order valence-corrected chi connectivity index (χ4v) is 6.04. The van der Waals surface area contributed by atoms with E-state index in [1.807, 2.05) is 17.0 Å². The molecule has 216 valence electrons. The van der Waals surface area contributed by atoms with Crippen molar-refractivity contribution in [2.45, 2.75) is 75.4 Å². The molecular weight excluding hydrogens is 549 g/mol. The molecule has 1 aromatic carbocycles. The lowest BCUT2D eigenvalue weighted by Gasteiger charge is -2.41. The molecule has 1 aliphatic heterocycles. The van der Waals surface area contributed by atoms with Gasteiger partial charge in [-0.25, -0.2) is 13.1 Å². The van der Waals surface area contributed by atoms with E-state index in [9.17, 15) is 31.2 Å². The summed E-state index contributed by atoms with van der Waals surface area (Å²) in [6.07, 6.45) is 0.190. The Balaban J connectivity index is 1.55. The van der Waals surface area contributed by atoms with Crippen LogP contribution in [0.4, 0.5) is 13.2 Å². The molecule has 0 bridgehead atoms. The van der Waals surface area contributed by atoms with Crippen LogP contribution >= 0.6 is 0 Å². The molecule has 40 heavy (non-hydrogen) atoms. The van der Waals surface area contributed by atoms with E-state index in [-0.39, 0.29) is 16.8 Å². The molecule has 3 aliphatic rings. The van der Waals surface area contributed by atoms with E-state index in [1.165, 1.54) is 30.3 Å². The lowest BCUT2D eigenvalue weighted by Crippen LogP contribution is -2.60.